The van der Waals surface area contributed by atoms with Crippen molar-refractivity contribution in [3.05, 3.63) is 0 Å². The molecule has 2 nitrogen and oxygen atoms in total. The predicted molar refractivity (Wildman–Crippen MR) is 53.4 cm³/mol. The normalized spacial score (nSPS) is 65.8. The molecule has 14 heavy (non-hydrogen) atoms. The first-order chi connectivity index (χ1) is 6.65. The summed E-state index contributed by atoms with van der Waals surface area (Å²) >= 11 is 0. The molecule has 0 amide bonds. The number of nitrogens with zero attached hydrogens (tertiary/aromatic N) is 1. The van der Waals surface area contributed by atoms with Gasteiger partial charge in [0, 0.05) is 30.6 Å². The van der Waals surface area contributed by atoms with Gasteiger partial charge in [-0.3, -0.25) is 0 Å². The minimum absolute atomic E-state index is 0.0278. The number of hydrogen-bond donors (Lipinski definition) is 1. The molecule has 0 heterocycles. The Kier molecular flexibility index (Phi) is 1.09. The van der Waals surface area contributed by atoms with E-state index in [1.54, 1.807) is 5.71 Å². The molecule has 4 unspecified atom stereocenters. The summed E-state index contributed by atoms with van der Waals surface area (Å²) in [5, 5.41) is 9.45. The second-order valence-corrected chi connectivity index (χ2v) is 5.97. The number of aliphatic hydroxyl groups is 1. The smallest absolute Gasteiger partial charge is 0.166 e. The van der Waals surface area contributed by atoms with Gasteiger partial charge in [0.1, 0.15) is 7.05 Å². The fourth-order valence-electron chi connectivity index (χ4n) is 3.59. The van der Waals surface area contributed by atoms with Crippen LogP contribution in [0, 0.1) is 23.7 Å². The van der Waals surface area contributed by atoms with Crippen LogP contribution >= 0.6 is 0 Å². The molecule has 76 valence electrons. The zero-order valence-electron chi connectivity index (χ0n) is 8.90. The van der Waals surface area contributed by atoms with E-state index >= 15 is 0 Å². The molecule has 0 aromatic carbocycles. The van der Waals surface area contributed by atoms with E-state index in [-0.39, 0.29) is 6.10 Å². The van der Waals surface area contributed by atoms with Gasteiger partial charge < -0.3 is 5.11 Å². The van der Waals surface area contributed by atoms with Crippen molar-refractivity contribution >= 4 is 5.71 Å². The van der Waals surface area contributed by atoms with Gasteiger partial charge in [0.05, 0.1) is 12.0 Å². The van der Waals surface area contributed by atoms with Crippen LogP contribution in [0.15, 0.2) is 0 Å². The van der Waals surface area contributed by atoms with E-state index in [4.69, 9.17) is 0 Å². The lowest BCUT2D eigenvalue weighted by Crippen LogP contribution is -2.19. The number of aliphatic hydroxyl groups excluding tert-OH is 1. The standard InChI is InChI=1S/C12H18NO/c1-6-10(8-3-9(8)14)11(6)13(2)12-4-7(12)5-12/h6-10,14H,3-5H2,1-2H3/q+1. The number of hydrogen-bond acceptors (Lipinski definition) is 1. The van der Waals surface area contributed by atoms with E-state index in [2.05, 4.69) is 18.5 Å². The highest BCUT2D eigenvalue weighted by atomic mass is 16.3. The number of fused-ring (bicyclic) bond motifs is 1. The minimum Gasteiger partial charge on any atom is -0.393 e. The van der Waals surface area contributed by atoms with Gasteiger partial charge >= 0.3 is 0 Å². The lowest BCUT2D eigenvalue weighted by molar-refractivity contribution is -0.534. The Morgan fingerprint density at radius 1 is 1.43 bits per heavy atom. The highest BCUT2D eigenvalue weighted by Gasteiger charge is 2.80. The maximum absolute atomic E-state index is 9.45. The minimum atomic E-state index is 0.0278. The van der Waals surface area contributed by atoms with Crippen LogP contribution in [0.3, 0.4) is 0 Å². The van der Waals surface area contributed by atoms with Gasteiger partial charge in [-0.15, -0.1) is 0 Å². The molecule has 0 saturated heterocycles. The molecule has 4 saturated carbocycles. The SMILES string of the molecule is CC1C(=[N+](C)C23CC2C3)C1C1CC1O. The Morgan fingerprint density at radius 2 is 2.00 bits per heavy atom. The second-order valence-electron chi connectivity index (χ2n) is 5.97. The Morgan fingerprint density at radius 3 is 2.43 bits per heavy atom. The summed E-state index contributed by atoms with van der Waals surface area (Å²) in [6.07, 6.45) is 3.97. The molecule has 0 aromatic heterocycles. The first-order valence-corrected chi connectivity index (χ1v) is 5.94. The zero-order chi connectivity index (χ0) is 9.66. The Hall–Kier alpha value is -0.370. The van der Waals surface area contributed by atoms with E-state index in [0.717, 1.165) is 24.2 Å². The molecule has 0 aliphatic heterocycles. The average Bonchev–Trinajstić information content (AvgIpc) is 2.83. The molecule has 4 rings (SSSR count). The van der Waals surface area contributed by atoms with E-state index in [0.29, 0.717) is 11.5 Å². The molecular weight excluding hydrogens is 174 g/mol. The first kappa shape index (κ1) is 7.86. The summed E-state index contributed by atoms with van der Waals surface area (Å²) in [6.45, 7) is 2.33. The van der Waals surface area contributed by atoms with Crippen LogP contribution in [0.5, 0.6) is 0 Å². The van der Waals surface area contributed by atoms with Gasteiger partial charge in [0.25, 0.3) is 0 Å². The van der Waals surface area contributed by atoms with Gasteiger partial charge in [-0.2, -0.15) is 0 Å². The predicted octanol–water partition coefficient (Wildman–Crippen LogP) is 0.879. The summed E-state index contributed by atoms with van der Waals surface area (Å²) < 4.78 is 2.58. The average molecular weight is 192 g/mol. The molecule has 1 N–H and O–H groups in total. The highest BCUT2D eigenvalue weighted by Crippen LogP contribution is 2.70. The van der Waals surface area contributed by atoms with Crippen molar-refractivity contribution in [2.75, 3.05) is 7.05 Å². The van der Waals surface area contributed by atoms with E-state index in [9.17, 15) is 5.11 Å². The maximum Gasteiger partial charge on any atom is 0.166 e. The molecule has 0 spiro atoms. The van der Waals surface area contributed by atoms with Gasteiger partial charge in [0.15, 0.2) is 11.3 Å². The van der Waals surface area contributed by atoms with E-state index in [1.807, 2.05) is 0 Å². The van der Waals surface area contributed by atoms with Crippen molar-refractivity contribution in [1.82, 2.24) is 0 Å². The van der Waals surface area contributed by atoms with Crippen LogP contribution in [0.25, 0.3) is 0 Å². The summed E-state index contributed by atoms with van der Waals surface area (Å²) in [5.41, 5.74) is 2.30. The Bertz CT molecular complexity index is 353. The third-order valence-corrected chi connectivity index (χ3v) is 5.20. The van der Waals surface area contributed by atoms with Gasteiger partial charge in [0.2, 0.25) is 0 Å². The molecular formula is C12H18NO+. The van der Waals surface area contributed by atoms with Gasteiger partial charge in [-0.05, 0) is 6.42 Å². The zero-order valence-corrected chi connectivity index (χ0v) is 8.90. The maximum atomic E-state index is 9.45. The van der Waals surface area contributed by atoms with Crippen LogP contribution in [0.4, 0.5) is 0 Å². The van der Waals surface area contributed by atoms with Crippen LogP contribution in [-0.2, 0) is 0 Å². The second kappa shape index (κ2) is 1.95. The van der Waals surface area contributed by atoms with Crippen LogP contribution in [0.2, 0.25) is 0 Å². The van der Waals surface area contributed by atoms with Crippen molar-refractivity contribution in [1.29, 1.82) is 0 Å². The lowest BCUT2D eigenvalue weighted by Gasteiger charge is -1.98. The summed E-state index contributed by atoms with van der Waals surface area (Å²) in [4.78, 5) is 0. The third-order valence-electron chi connectivity index (χ3n) is 5.20. The molecule has 4 fully saturated rings. The first-order valence-electron chi connectivity index (χ1n) is 5.94. The molecule has 0 radical (unpaired) electrons. The summed E-state index contributed by atoms with van der Waals surface area (Å²) in [5.74, 6) is 3.16. The molecule has 4 aliphatic carbocycles. The number of rotatable bonds is 2. The van der Waals surface area contributed by atoms with Crippen molar-refractivity contribution in [2.45, 2.75) is 37.8 Å². The summed E-state index contributed by atoms with van der Waals surface area (Å²) in [6, 6.07) is 0. The van der Waals surface area contributed by atoms with Crippen LogP contribution in [-0.4, -0.2) is 34.1 Å². The van der Waals surface area contributed by atoms with Crippen molar-refractivity contribution in [3.8, 4) is 0 Å². The molecule has 0 bridgehead atoms. The monoisotopic (exact) mass is 192 g/mol. The molecule has 4 atom stereocenters. The largest absolute Gasteiger partial charge is 0.393 e. The summed E-state index contributed by atoms with van der Waals surface area (Å²) in [7, 11) is 2.29. The fourth-order valence-corrected chi connectivity index (χ4v) is 3.59. The lowest BCUT2D eigenvalue weighted by atomic mass is 10.2. The van der Waals surface area contributed by atoms with Gasteiger partial charge in [-0.1, -0.05) is 6.92 Å². The molecule has 4 aliphatic rings. The van der Waals surface area contributed by atoms with Crippen LogP contribution in [0.1, 0.15) is 26.2 Å². The van der Waals surface area contributed by atoms with Crippen LogP contribution < -0.4 is 0 Å². The fraction of sp³-hybridized carbons (Fsp3) is 0.917. The Balaban J connectivity index is 1.61. The van der Waals surface area contributed by atoms with Crippen molar-refractivity contribution in [2.24, 2.45) is 23.7 Å². The molecule has 0 aromatic rings. The van der Waals surface area contributed by atoms with Crippen molar-refractivity contribution < 1.29 is 9.68 Å². The highest BCUT2D eigenvalue weighted by molar-refractivity contribution is 6.00. The van der Waals surface area contributed by atoms with Gasteiger partial charge in [-0.25, -0.2) is 4.58 Å². The molecule has 2 heteroatoms. The quantitative estimate of drug-likeness (QED) is 0.645. The Labute approximate surface area is 84.6 Å². The topological polar surface area (TPSA) is 23.2 Å². The van der Waals surface area contributed by atoms with E-state index < -0.39 is 0 Å². The van der Waals surface area contributed by atoms with E-state index in [1.165, 1.54) is 12.8 Å². The third kappa shape index (κ3) is 0.758. The van der Waals surface area contributed by atoms with Crippen molar-refractivity contribution in [3.63, 3.8) is 0 Å².